The summed E-state index contributed by atoms with van der Waals surface area (Å²) in [6.07, 6.45) is 0. The van der Waals surface area contributed by atoms with E-state index in [9.17, 15) is 9.59 Å². The van der Waals surface area contributed by atoms with Crippen molar-refractivity contribution in [3.8, 4) is 0 Å². The van der Waals surface area contributed by atoms with E-state index in [4.69, 9.17) is 5.11 Å². The van der Waals surface area contributed by atoms with Crippen molar-refractivity contribution in [3.05, 3.63) is 23.4 Å². The highest BCUT2D eigenvalue weighted by molar-refractivity contribution is 5.89. The number of carboxylic acid groups (broad SMARTS) is 1. The third kappa shape index (κ3) is 5.41. The summed E-state index contributed by atoms with van der Waals surface area (Å²) < 4.78 is 0. The standard InChI is InChI=1S/C15H23N3O3/c1-9(2)17-13(19)8-16-12-7-10(14(20)21)6-11(18-12)15(3,4)5/h6-7,9H,8H2,1-5H3,(H,16,18)(H,17,19)(H,20,21). The lowest BCUT2D eigenvalue weighted by atomic mass is 9.91. The number of carbonyl (C=O) groups excluding carboxylic acids is 1. The molecular weight excluding hydrogens is 270 g/mol. The van der Waals surface area contributed by atoms with Crippen LogP contribution in [0.25, 0.3) is 0 Å². The zero-order chi connectivity index (χ0) is 16.2. The molecule has 3 N–H and O–H groups in total. The van der Waals surface area contributed by atoms with Gasteiger partial charge in [-0.1, -0.05) is 20.8 Å². The molecule has 1 amide bonds. The van der Waals surface area contributed by atoms with Gasteiger partial charge in [0, 0.05) is 17.2 Å². The van der Waals surface area contributed by atoms with E-state index in [0.29, 0.717) is 11.5 Å². The molecule has 1 aromatic rings. The van der Waals surface area contributed by atoms with Crippen LogP contribution < -0.4 is 10.6 Å². The number of hydrogen-bond donors (Lipinski definition) is 3. The average molecular weight is 293 g/mol. The maximum Gasteiger partial charge on any atom is 0.335 e. The van der Waals surface area contributed by atoms with Crippen LogP contribution in [0.15, 0.2) is 12.1 Å². The predicted octanol–water partition coefficient (Wildman–Crippen LogP) is 2.01. The highest BCUT2D eigenvalue weighted by atomic mass is 16.4. The Bertz CT molecular complexity index is 533. The van der Waals surface area contributed by atoms with Crippen molar-refractivity contribution < 1.29 is 14.7 Å². The van der Waals surface area contributed by atoms with Crippen LogP contribution in [0.2, 0.25) is 0 Å². The molecule has 6 nitrogen and oxygen atoms in total. The first kappa shape index (κ1) is 16.9. The molecule has 0 bridgehead atoms. The lowest BCUT2D eigenvalue weighted by molar-refractivity contribution is -0.119. The second kappa shape index (κ2) is 6.56. The monoisotopic (exact) mass is 293 g/mol. The van der Waals surface area contributed by atoms with Gasteiger partial charge in [0.1, 0.15) is 5.82 Å². The first-order chi connectivity index (χ1) is 9.59. The van der Waals surface area contributed by atoms with Gasteiger partial charge < -0.3 is 15.7 Å². The molecule has 0 radical (unpaired) electrons. The number of aromatic nitrogens is 1. The molecule has 0 atom stereocenters. The van der Waals surface area contributed by atoms with Crippen LogP contribution in [0.3, 0.4) is 0 Å². The predicted molar refractivity (Wildman–Crippen MR) is 81.7 cm³/mol. The minimum Gasteiger partial charge on any atom is -0.478 e. The van der Waals surface area contributed by atoms with Crippen LogP contribution in [0.1, 0.15) is 50.7 Å². The van der Waals surface area contributed by atoms with Gasteiger partial charge in [-0.15, -0.1) is 0 Å². The van der Waals surface area contributed by atoms with Gasteiger partial charge in [-0.05, 0) is 26.0 Å². The minimum absolute atomic E-state index is 0.0534. The van der Waals surface area contributed by atoms with Gasteiger partial charge in [0.2, 0.25) is 5.91 Å². The van der Waals surface area contributed by atoms with Crippen LogP contribution in [-0.4, -0.2) is 34.6 Å². The van der Waals surface area contributed by atoms with Gasteiger partial charge in [-0.3, -0.25) is 4.79 Å². The second-order valence-electron chi connectivity index (χ2n) is 6.26. The molecular formula is C15H23N3O3. The van der Waals surface area contributed by atoms with E-state index < -0.39 is 5.97 Å². The van der Waals surface area contributed by atoms with Crippen LogP contribution >= 0.6 is 0 Å². The van der Waals surface area contributed by atoms with E-state index in [2.05, 4.69) is 15.6 Å². The first-order valence-electron chi connectivity index (χ1n) is 6.88. The zero-order valence-electron chi connectivity index (χ0n) is 13.2. The molecule has 0 saturated heterocycles. The molecule has 1 aromatic heterocycles. The Labute approximate surface area is 125 Å². The first-order valence-corrected chi connectivity index (χ1v) is 6.88. The lowest BCUT2D eigenvalue weighted by Crippen LogP contribution is -2.35. The van der Waals surface area contributed by atoms with Crippen molar-refractivity contribution >= 4 is 17.7 Å². The SMILES string of the molecule is CC(C)NC(=O)CNc1cc(C(=O)O)cc(C(C)(C)C)n1. The third-order valence-electron chi connectivity index (χ3n) is 2.72. The number of rotatable bonds is 5. The summed E-state index contributed by atoms with van der Waals surface area (Å²) in [5.74, 6) is -0.791. The quantitative estimate of drug-likeness (QED) is 0.772. The number of amides is 1. The van der Waals surface area contributed by atoms with Gasteiger partial charge in [0.25, 0.3) is 0 Å². The van der Waals surface area contributed by atoms with Gasteiger partial charge in [0.05, 0.1) is 12.1 Å². The normalized spacial score (nSPS) is 11.3. The number of carboxylic acids is 1. The van der Waals surface area contributed by atoms with Crippen LogP contribution in [0, 0.1) is 0 Å². The van der Waals surface area contributed by atoms with E-state index in [0.717, 1.165) is 0 Å². The molecule has 0 aromatic carbocycles. The summed E-state index contributed by atoms with van der Waals surface area (Å²) in [4.78, 5) is 27.2. The van der Waals surface area contributed by atoms with Crippen molar-refractivity contribution in [2.24, 2.45) is 0 Å². The number of aromatic carboxylic acids is 1. The number of nitrogens with one attached hydrogen (secondary N) is 2. The summed E-state index contributed by atoms with van der Waals surface area (Å²) in [5, 5.41) is 14.8. The third-order valence-corrected chi connectivity index (χ3v) is 2.72. The molecule has 6 heteroatoms. The fraction of sp³-hybridized carbons (Fsp3) is 0.533. The molecule has 0 aliphatic rings. The van der Waals surface area contributed by atoms with Crippen molar-refractivity contribution in [1.82, 2.24) is 10.3 Å². The van der Waals surface area contributed by atoms with E-state index in [1.54, 1.807) is 6.07 Å². The molecule has 0 aliphatic heterocycles. The van der Waals surface area contributed by atoms with Crippen molar-refractivity contribution in [1.29, 1.82) is 0 Å². The smallest absolute Gasteiger partial charge is 0.335 e. The molecule has 0 saturated carbocycles. The van der Waals surface area contributed by atoms with E-state index in [-0.39, 0.29) is 29.5 Å². The van der Waals surface area contributed by atoms with Gasteiger partial charge in [-0.2, -0.15) is 0 Å². The molecule has 21 heavy (non-hydrogen) atoms. The van der Waals surface area contributed by atoms with Crippen molar-refractivity contribution in [2.75, 3.05) is 11.9 Å². The van der Waals surface area contributed by atoms with Gasteiger partial charge in [0.15, 0.2) is 0 Å². The molecule has 0 fully saturated rings. The van der Waals surface area contributed by atoms with E-state index in [1.165, 1.54) is 6.07 Å². The van der Waals surface area contributed by atoms with Crippen molar-refractivity contribution in [3.63, 3.8) is 0 Å². The van der Waals surface area contributed by atoms with Gasteiger partial charge in [-0.25, -0.2) is 9.78 Å². The highest BCUT2D eigenvalue weighted by Crippen LogP contribution is 2.23. The Morgan fingerprint density at radius 1 is 1.29 bits per heavy atom. The molecule has 0 aliphatic carbocycles. The van der Waals surface area contributed by atoms with Crippen LogP contribution in [0.5, 0.6) is 0 Å². The summed E-state index contributed by atoms with van der Waals surface area (Å²) >= 11 is 0. The molecule has 116 valence electrons. The van der Waals surface area contributed by atoms with Gasteiger partial charge >= 0.3 is 5.97 Å². The lowest BCUT2D eigenvalue weighted by Gasteiger charge is -2.19. The van der Waals surface area contributed by atoms with Crippen LogP contribution in [0.4, 0.5) is 5.82 Å². The number of pyridine rings is 1. The second-order valence-corrected chi connectivity index (χ2v) is 6.26. The topological polar surface area (TPSA) is 91.3 Å². The Morgan fingerprint density at radius 3 is 2.38 bits per heavy atom. The molecule has 1 heterocycles. The summed E-state index contributed by atoms with van der Waals surface area (Å²) in [6.45, 7) is 9.66. The number of anilines is 1. The summed E-state index contributed by atoms with van der Waals surface area (Å²) in [6, 6.07) is 3.05. The van der Waals surface area contributed by atoms with Crippen molar-refractivity contribution in [2.45, 2.75) is 46.1 Å². The number of carbonyl (C=O) groups is 2. The molecule has 1 rings (SSSR count). The summed E-state index contributed by atoms with van der Waals surface area (Å²) in [5.41, 5.74) is 0.540. The Balaban J connectivity index is 2.94. The largest absolute Gasteiger partial charge is 0.478 e. The van der Waals surface area contributed by atoms with Crippen LogP contribution in [-0.2, 0) is 10.2 Å². The maximum atomic E-state index is 11.6. The fourth-order valence-corrected chi connectivity index (χ4v) is 1.67. The van der Waals surface area contributed by atoms with E-state index >= 15 is 0 Å². The Morgan fingerprint density at radius 2 is 1.90 bits per heavy atom. The number of nitrogens with zero attached hydrogens (tertiary/aromatic N) is 1. The Hall–Kier alpha value is -2.11. The van der Waals surface area contributed by atoms with E-state index in [1.807, 2.05) is 34.6 Å². The summed E-state index contributed by atoms with van der Waals surface area (Å²) in [7, 11) is 0. The zero-order valence-corrected chi connectivity index (χ0v) is 13.2. The Kier molecular flexibility index (Phi) is 5.29. The number of hydrogen-bond acceptors (Lipinski definition) is 4. The maximum absolute atomic E-state index is 11.6. The molecule has 0 spiro atoms. The highest BCUT2D eigenvalue weighted by Gasteiger charge is 2.19. The fourth-order valence-electron chi connectivity index (χ4n) is 1.67. The minimum atomic E-state index is -1.02. The average Bonchev–Trinajstić information content (AvgIpc) is 2.34. The molecule has 0 unspecified atom stereocenters.